The van der Waals surface area contributed by atoms with Crippen LogP contribution in [0.4, 0.5) is 0 Å². The third-order valence-electron chi connectivity index (χ3n) is 2.17. The minimum Gasteiger partial charge on any atom is -0.480 e. The van der Waals surface area contributed by atoms with Gasteiger partial charge < -0.3 is 14.6 Å². The summed E-state index contributed by atoms with van der Waals surface area (Å²) >= 11 is 0. The Morgan fingerprint density at radius 3 is 2.82 bits per heavy atom. The summed E-state index contributed by atoms with van der Waals surface area (Å²) in [4.78, 5) is 27.4. The van der Waals surface area contributed by atoms with Crippen molar-refractivity contribution in [1.82, 2.24) is 14.5 Å². The molecule has 0 aliphatic carbocycles. The highest BCUT2D eigenvalue weighted by atomic mass is 16.4. The Balaban J connectivity index is 2.46. The van der Waals surface area contributed by atoms with Crippen LogP contribution in [0.1, 0.15) is 6.42 Å². The van der Waals surface area contributed by atoms with E-state index in [1.54, 1.807) is 23.3 Å². The summed E-state index contributed by atoms with van der Waals surface area (Å²) in [6.07, 6.45) is 6.75. The molecule has 0 saturated carbocycles. The van der Waals surface area contributed by atoms with Crippen LogP contribution in [0.5, 0.6) is 0 Å². The molecule has 1 N–H and O–H groups in total. The van der Waals surface area contributed by atoms with E-state index in [4.69, 9.17) is 5.11 Å². The molecular weight excluding hydrogens is 222 g/mol. The van der Waals surface area contributed by atoms with Crippen molar-refractivity contribution >= 4 is 11.9 Å². The quantitative estimate of drug-likeness (QED) is 0.695. The average Bonchev–Trinajstić information content (AvgIpc) is 2.77. The Labute approximate surface area is 99.2 Å². The third kappa shape index (κ3) is 4.50. The van der Waals surface area contributed by atoms with Crippen molar-refractivity contribution in [3.63, 3.8) is 0 Å². The molecule has 0 unspecified atom stereocenters. The van der Waals surface area contributed by atoms with E-state index >= 15 is 0 Å². The summed E-state index contributed by atoms with van der Waals surface area (Å²) in [6, 6.07) is 0. The van der Waals surface area contributed by atoms with Crippen molar-refractivity contribution in [2.75, 3.05) is 13.1 Å². The van der Waals surface area contributed by atoms with Crippen molar-refractivity contribution in [2.45, 2.75) is 13.0 Å². The molecule has 1 amide bonds. The van der Waals surface area contributed by atoms with Crippen molar-refractivity contribution in [3.8, 4) is 0 Å². The molecule has 1 heterocycles. The van der Waals surface area contributed by atoms with Crippen LogP contribution >= 0.6 is 0 Å². The van der Waals surface area contributed by atoms with Crippen molar-refractivity contribution in [2.24, 2.45) is 0 Å². The van der Waals surface area contributed by atoms with Crippen LogP contribution in [0.2, 0.25) is 0 Å². The van der Waals surface area contributed by atoms with E-state index in [2.05, 4.69) is 11.6 Å². The number of carbonyl (C=O) groups is 2. The summed E-state index contributed by atoms with van der Waals surface area (Å²) in [5.41, 5.74) is 0. The van der Waals surface area contributed by atoms with E-state index in [1.165, 1.54) is 11.0 Å². The number of aliphatic carboxylic acids is 1. The van der Waals surface area contributed by atoms with Gasteiger partial charge in [-0.3, -0.25) is 9.59 Å². The molecule has 1 aromatic heterocycles. The first kappa shape index (κ1) is 13.0. The first-order chi connectivity index (χ1) is 8.13. The second-order valence-corrected chi connectivity index (χ2v) is 3.51. The van der Waals surface area contributed by atoms with E-state index in [9.17, 15) is 9.59 Å². The maximum atomic E-state index is 11.7. The molecule has 6 nitrogen and oxygen atoms in total. The highest BCUT2D eigenvalue weighted by Crippen LogP contribution is 1.98. The monoisotopic (exact) mass is 237 g/mol. The molecule has 17 heavy (non-hydrogen) atoms. The van der Waals surface area contributed by atoms with Crippen LogP contribution in [0.15, 0.2) is 31.4 Å². The molecular formula is C11H15N3O3. The predicted molar refractivity (Wildman–Crippen MR) is 61.3 cm³/mol. The van der Waals surface area contributed by atoms with Gasteiger partial charge in [0.15, 0.2) is 0 Å². The Morgan fingerprint density at radius 2 is 2.29 bits per heavy atom. The summed E-state index contributed by atoms with van der Waals surface area (Å²) < 4.78 is 1.77. The lowest BCUT2D eigenvalue weighted by atomic mass is 10.3. The van der Waals surface area contributed by atoms with E-state index in [-0.39, 0.29) is 25.4 Å². The summed E-state index contributed by atoms with van der Waals surface area (Å²) in [7, 11) is 0. The maximum absolute atomic E-state index is 11.7. The largest absolute Gasteiger partial charge is 0.480 e. The SMILES string of the molecule is C=CCN(CC(=O)O)C(=O)CCn1ccnc1. The lowest BCUT2D eigenvalue weighted by Gasteiger charge is -2.18. The fourth-order valence-corrected chi connectivity index (χ4v) is 1.38. The molecule has 0 aliphatic heterocycles. The van der Waals surface area contributed by atoms with Gasteiger partial charge in [-0.25, -0.2) is 4.98 Å². The van der Waals surface area contributed by atoms with Crippen LogP contribution < -0.4 is 0 Å². The lowest BCUT2D eigenvalue weighted by Crippen LogP contribution is -2.36. The van der Waals surface area contributed by atoms with Gasteiger partial charge in [0.25, 0.3) is 0 Å². The minimum atomic E-state index is -1.03. The van der Waals surface area contributed by atoms with Crippen LogP contribution in [-0.2, 0) is 16.1 Å². The topological polar surface area (TPSA) is 75.4 Å². The van der Waals surface area contributed by atoms with Crippen molar-refractivity contribution in [1.29, 1.82) is 0 Å². The highest BCUT2D eigenvalue weighted by molar-refractivity contribution is 5.81. The molecule has 0 saturated heterocycles. The highest BCUT2D eigenvalue weighted by Gasteiger charge is 2.14. The van der Waals surface area contributed by atoms with Gasteiger partial charge in [0.2, 0.25) is 5.91 Å². The first-order valence-electron chi connectivity index (χ1n) is 5.19. The zero-order valence-electron chi connectivity index (χ0n) is 9.45. The second kappa shape index (κ2) is 6.47. The van der Waals surface area contributed by atoms with Crippen molar-refractivity contribution < 1.29 is 14.7 Å². The number of amides is 1. The van der Waals surface area contributed by atoms with Crippen LogP contribution in [-0.4, -0.2) is 44.5 Å². The zero-order valence-corrected chi connectivity index (χ0v) is 9.45. The molecule has 0 fully saturated rings. The maximum Gasteiger partial charge on any atom is 0.323 e. The molecule has 0 atom stereocenters. The van der Waals surface area contributed by atoms with E-state index in [0.717, 1.165) is 0 Å². The van der Waals surface area contributed by atoms with E-state index < -0.39 is 5.97 Å². The van der Waals surface area contributed by atoms with E-state index in [1.807, 2.05) is 0 Å². The third-order valence-corrected chi connectivity index (χ3v) is 2.17. The molecule has 0 bridgehead atoms. The number of carbonyl (C=O) groups excluding carboxylic acids is 1. The fourth-order valence-electron chi connectivity index (χ4n) is 1.38. The normalized spacial score (nSPS) is 9.88. The molecule has 1 rings (SSSR count). The minimum absolute atomic E-state index is 0.207. The number of imidazole rings is 1. The number of rotatable bonds is 7. The molecule has 0 aliphatic rings. The summed E-state index contributed by atoms with van der Waals surface area (Å²) in [6.45, 7) is 3.94. The van der Waals surface area contributed by atoms with Gasteiger partial charge in [-0.15, -0.1) is 6.58 Å². The molecule has 1 aromatic rings. The second-order valence-electron chi connectivity index (χ2n) is 3.51. The Morgan fingerprint density at radius 1 is 1.53 bits per heavy atom. The number of aryl methyl sites for hydroxylation is 1. The Kier molecular flexibility index (Phi) is 4.93. The van der Waals surface area contributed by atoms with Gasteiger partial charge in [0.05, 0.1) is 6.33 Å². The summed E-state index contributed by atoms with van der Waals surface area (Å²) in [5, 5.41) is 8.67. The number of nitrogens with zero attached hydrogens (tertiary/aromatic N) is 3. The van der Waals surface area contributed by atoms with Crippen LogP contribution in [0.25, 0.3) is 0 Å². The van der Waals surface area contributed by atoms with Gasteiger partial charge in [-0.05, 0) is 0 Å². The zero-order chi connectivity index (χ0) is 12.7. The van der Waals surface area contributed by atoms with Gasteiger partial charge in [0.1, 0.15) is 6.54 Å². The Hall–Kier alpha value is -2.11. The van der Waals surface area contributed by atoms with Gasteiger partial charge >= 0.3 is 5.97 Å². The number of carboxylic acid groups (broad SMARTS) is 1. The number of carboxylic acids is 1. The van der Waals surface area contributed by atoms with Gasteiger partial charge in [-0.2, -0.15) is 0 Å². The summed E-state index contributed by atoms with van der Waals surface area (Å²) in [5.74, 6) is -1.23. The first-order valence-corrected chi connectivity index (χ1v) is 5.19. The number of hydrogen-bond acceptors (Lipinski definition) is 3. The molecule has 0 radical (unpaired) electrons. The molecule has 0 aromatic carbocycles. The van der Waals surface area contributed by atoms with E-state index in [0.29, 0.717) is 6.54 Å². The average molecular weight is 237 g/mol. The van der Waals surface area contributed by atoms with Crippen LogP contribution in [0, 0.1) is 0 Å². The standard InChI is InChI=1S/C11H15N3O3/c1-2-5-14(8-11(16)17)10(15)3-6-13-7-4-12-9-13/h2,4,7,9H,1,3,5-6,8H2,(H,16,17). The van der Waals surface area contributed by atoms with Gasteiger partial charge in [0, 0.05) is 31.9 Å². The molecule has 6 heteroatoms. The van der Waals surface area contributed by atoms with Crippen molar-refractivity contribution in [3.05, 3.63) is 31.4 Å². The molecule has 92 valence electrons. The Bertz CT molecular complexity index is 387. The predicted octanol–water partition coefficient (Wildman–Crippen LogP) is 0.372. The number of aromatic nitrogens is 2. The molecule has 0 spiro atoms. The van der Waals surface area contributed by atoms with Gasteiger partial charge in [-0.1, -0.05) is 6.08 Å². The smallest absolute Gasteiger partial charge is 0.323 e. The number of hydrogen-bond donors (Lipinski definition) is 1. The van der Waals surface area contributed by atoms with Crippen LogP contribution in [0.3, 0.4) is 0 Å². The lowest BCUT2D eigenvalue weighted by molar-refractivity contribution is -0.144. The fraction of sp³-hybridized carbons (Fsp3) is 0.364.